The van der Waals surface area contributed by atoms with Crippen LogP contribution in [0.1, 0.15) is 33.1 Å². The second kappa shape index (κ2) is 5.70. The number of carbonyl (C=O) groups excluding carboxylic acids is 1. The zero-order valence-electron chi connectivity index (χ0n) is 10.7. The molecule has 2 fully saturated rings. The smallest absolute Gasteiger partial charge is 0.226 e. The molecule has 4 heteroatoms. The number of nitrogens with zero attached hydrogens (tertiary/aromatic N) is 1. The largest absolute Gasteiger partial charge is 0.373 e. The molecule has 1 saturated carbocycles. The quantitative estimate of drug-likeness (QED) is 0.733. The summed E-state index contributed by atoms with van der Waals surface area (Å²) in [5.74, 6) is 1.17. The summed E-state index contributed by atoms with van der Waals surface area (Å²) in [6.07, 6.45) is 3.64. The van der Waals surface area contributed by atoms with Crippen LogP contribution in [0.2, 0.25) is 0 Å². The van der Waals surface area contributed by atoms with Gasteiger partial charge in [-0.2, -0.15) is 0 Å². The molecule has 1 amide bonds. The minimum Gasteiger partial charge on any atom is -0.373 e. The van der Waals surface area contributed by atoms with Crippen LogP contribution in [-0.2, 0) is 9.53 Å². The Hall–Kier alpha value is -0.0900. The average molecular weight is 304 g/mol. The van der Waals surface area contributed by atoms with Gasteiger partial charge in [0.2, 0.25) is 5.91 Å². The molecule has 1 aliphatic heterocycles. The predicted molar refractivity (Wildman–Crippen MR) is 71.2 cm³/mol. The third-order valence-electron chi connectivity index (χ3n) is 4.14. The van der Waals surface area contributed by atoms with Crippen molar-refractivity contribution in [2.45, 2.75) is 45.3 Å². The normalized spacial score (nSPS) is 38.4. The zero-order chi connectivity index (χ0) is 12.4. The Morgan fingerprint density at radius 2 is 2.18 bits per heavy atom. The molecule has 98 valence electrons. The number of ether oxygens (including phenoxy) is 1. The molecule has 1 aliphatic carbocycles. The second-order valence-corrected chi connectivity index (χ2v) is 6.11. The summed E-state index contributed by atoms with van der Waals surface area (Å²) in [5, 5.41) is 0.809. The van der Waals surface area contributed by atoms with Crippen molar-refractivity contribution in [1.82, 2.24) is 4.90 Å². The second-order valence-electron chi connectivity index (χ2n) is 5.46. The molecule has 0 spiro atoms. The number of amides is 1. The van der Waals surface area contributed by atoms with Crippen LogP contribution in [0, 0.1) is 11.8 Å². The third-order valence-corrected chi connectivity index (χ3v) is 4.86. The molecule has 0 aromatic heterocycles. The van der Waals surface area contributed by atoms with Gasteiger partial charge in [-0.05, 0) is 25.7 Å². The van der Waals surface area contributed by atoms with Gasteiger partial charge < -0.3 is 9.64 Å². The van der Waals surface area contributed by atoms with Crippen LogP contribution < -0.4 is 0 Å². The van der Waals surface area contributed by atoms with Gasteiger partial charge in [-0.3, -0.25) is 4.79 Å². The molecular weight excluding hydrogens is 282 g/mol. The number of carbonyl (C=O) groups is 1. The first kappa shape index (κ1) is 13.3. The number of rotatable bonds is 2. The summed E-state index contributed by atoms with van der Waals surface area (Å²) in [6.45, 7) is 5.71. The monoisotopic (exact) mass is 303 g/mol. The molecule has 2 rings (SSSR count). The maximum atomic E-state index is 12.5. The highest BCUT2D eigenvalue weighted by Crippen LogP contribution is 2.33. The molecule has 4 unspecified atom stereocenters. The highest BCUT2D eigenvalue weighted by molar-refractivity contribution is 9.09. The maximum Gasteiger partial charge on any atom is 0.226 e. The lowest BCUT2D eigenvalue weighted by molar-refractivity contribution is -0.148. The Morgan fingerprint density at radius 3 is 2.76 bits per heavy atom. The third kappa shape index (κ3) is 2.84. The molecular formula is C13H22BrNO2. The van der Waals surface area contributed by atoms with Crippen molar-refractivity contribution in [2.75, 3.05) is 18.5 Å². The van der Waals surface area contributed by atoms with E-state index in [1.165, 1.54) is 12.8 Å². The molecule has 0 aromatic rings. The van der Waals surface area contributed by atoms with Crippen LogP contribution in [0.15, 0.2) is 0 Å². The molecule has 3 nitrogen and oxygen atoms in total. The van der Waals surface area contributed by atoms with Gasteiger partial charge in [-0.1, -0.05) is 29.3 Å². The maximum absolute atomic E-state index is 12.5. The molecule has 2 aliphatic rings. The Bertz CT molecular complexity index is 285. The van der Waals surface area contributed by atoms with Crippen molar-refractivity contribution >= 4 is 21.8 Å². The molecule has 17 heavy (non-hydrogen) atoms. The van der Waals surface area contributed by atoms with Gasteiger partial charge in [-0.15, -0.1) is 0 Å². The summed E-state index contributed by atoms with van der Waals surface area (Å²) in [5.41, 5.74) is 0. The van der Waals surface area contributed by atoms with Crippen LogP contribution in [0.3, 0.4) is 0 Å². The predicted octanol–water partition coefficient (Wildman–Crippen LogP) is 2.43. The summed E-state index contributed by atoms with van der Waals surface area (Å²) in [6, 6.07) is 0.227. The first-order valence-corrected chi connectivity index (χ1v) is 7.73. The van der Waals surface area contributed by atoms with E-state index < -0.39 is 0 Å². The average Bonchev–Trinajstić information content (AvgIpc) is 2.75. The van der Waals surface area contributed by atoms with E-state index in [4.69, 9.17) is 4.74 Å². The summed E-state index contributed by atoms with van der Waals surface area (Å²) >= 11 is 3.44. The first-order chi connectivity index (χ1) is 8.13. The fourth-order valence-corrected chi connectivity index (χ4v) is 3.33. The summed E-state index contributed by atoms with van der Waals surface area (Å²) in [4.78, 5) is 14.6. The van der Waals surface area contributed by atoms with Gasteiger partial charge in [0.25, 0.3) is 0 Å². The van der Waals surface area contributed by atoms with Crippen LogP contribution in [-0.4, -0.2) is 41.4 Å². The van der Waals surface area contributed by atoms with Crippen molar-refractivity contribution in [1.29, 1.82) is 0 Å². The van der Waals surface area contributed by atoms with Crippen LogP contribution in [0.4, 0.5) is 0 Å². The first-order valence-electron chi connectivity index (χ1n) is 6.61. The minimum atomic E-state index is 0.159. The Kier molecular flexibility index (Phi) is 4.47. The zero-order valence-corrected chi connectivity index (χ0v) is 12.3. The van der Waals surface area contributed by atoms with E-state index in [1.54, 1.807) is 0 Å². The Morgan fingerprint density at radius 1 is 1.41 bits per heavy atom. The molecule has 0 N–H and O–H groups in total. The number of alkyl halides is 1. The Labute approximate surface area is 112 Å². The molecule has 0 bridgehead atoms. The van der Waals surface area contributed by atoms with Crippen LogP contribution in [0.25, 0.3) is 0 Å². The van der Waals surface area contributed by atoms with Crippen LogP contribution in [0.5, 0.6) is 0 Å². The highest BCUT2D eigenvalue weighted by atomic mass is 79.9. The molecule has 1 heterocycles. The summed E-state index contributed by atoms with van der Waals surface area (Å²) in [7, 11) is 0. The van der Waals surface area contributed by atoms with Gasteiger partial charge in [0, 0.05) is 17.8 Å². The van der Waals surface area contributed by atoms with E-state index >= 15 is 0 Å². The standard InChI is InChI=1S/C13H22BrNO2/c1-9-4-3-5-12(9)13(16)15-7-11(6-14)17-8-10(15)2/h9-12H,3-8H2,1-2H3. The molecule has 0 radical (unpaired) electrons. The van der Waals surface area contributed by atoms with Crippen molar-refractivity contribution in [2.24, 2.45) is 11.8 Å². The number of hydrogen-bond acceptors (Lipinski definition) is 2. The van der Waals surface area contributed by atoms with E-state index in [2.05, 4.69) is 29.8 Å². The topological polar surface area (TPSA) is 29.5 Å². The highest BCUT2D eigenvalue weighted by Gasteiger charge is 2.37. The van der Waals surface area contributed by atoms with Crippen molar-refractivity contribution < 1.29 is 9.53 Å². The molecule has 1 saturated heterocycles. The van der Waals surface area contributed by atoms with E-state index in [0.717, 1.165) is 18.3 Å². The van der Waals surface area contributed by atoms with Crippen molar-refractivity contribution in [3.05, 3.63) is 0 Å². The lowest BCUT2D eigenvalue weighted by Gasteiger charge is -2.39. The Balaban J connectivity index is 2.01. The number of halogens is 1. The number of hydrogen-bond donors (Lipinski definition) is 0. The van der Waals surface area contributed by atoms with E-state index in [-0.39, 0.29) is 18.1 Å². The lowest BCUT2D eigenvalue weighted by Crippen LogP contribution is -2.53. The molecule has 0 aromatic carbocycles. The van der Waals surface area contributed by atoms with Gasteiger partial charge in [-0.25, -0.2) is 0 Å². The minimum absolute atomic E-state index is 0.159. The van der Waals surface area contributed by atoms with Gasteiger partial charge in [0.05, 0.1) is 18.8 Å². The number of morpholine rings is 1. The molecule has 4 atom stereocenters. The van der Waals surface area contributed by atoms with Gasteiger partial charge >= 0.3 is 0 Å². The van der Waals surface area contributed by atoms with E-state index in [9.17, 15) is 4.79 Å². The van der Waals surface area contributed by atoms with Gasteiger partial charge in [0.1, 0.15) is 0 Å². The van der Waals surface area contributed by atoms with Gasteiger partial charge in [0.15, 0.2) is 0 Å². The van der Waals surface area contributed by atoms with E-state index in [0.29, 0.717) is 18.4 Å². The van der Waals surface area contributed by atoms with Crippen molar-refractivity contribution in [3.8, 4) is 0 Å². The van der Waals surface area contributed by atoms with Crippen LogP contribution >= 0.6 is 15.9 Å². The SMILES string of the molecule is CC1CCCC1C(=O)N1CC(CBr)OCC1C. The van der Waals surface area contributed by atoms with E-state index in [1.807, 2.05) is 4.90 Å². The van der Waals surface area contributed by atoms with Crippen molar-refractivity contribution in [3.63, 3.8) is 0 Å². The fourth-order valence-electron chi connectivity index (χ4n) is 2.94. The lowest BCUT2D eigenvalue weighted by atomic mass is 9.95. The summed E-state index contributed by atoms with van der Waals surface area (Å²) < 4.78 is 5.67. The fraction of sp³-hybridized carbons (Fsp3) is 0.923.